The highest BCUT2D eigenvalue weighted by Gasteiger charge is 2.35. The smallest absolute Gasteiger partial charge is 0.238 e. The molecule has 0 bridgehead atoms. The summed E-state index contributed by atoms with van der Waals surface area (Å²) < 4.78 is 13.4. The van der Waals surface area contributed by atoms with E-state index in [-0.39, 0.29) is 17.9 Å². The van der Waals surface area contributed by atoms with Gasteiger partial charge in [0.15, 0.2) is 0 Å². The van der Waals surface area contributed by atoms with Gasteiger partial charge in [0, 0.05) is 12.6 Å². The minimum Gasteiger partial charge on any atom is -0.320 e. The number of likely N-dealkylation sites (tertiary alicyclic amines) is 1. The van der Waals surface area contributed by atoms with Crippen molar-refractivity contribution < 1.29 is 9.18 Å². The summed E-state index contributed by atoms with van der Waals surface area (Å²) in [5, 5.41) is 3.20. The summed E-state index contributed by atoms with van der Waals surface area (Å²) >= 11 is 0. The molecule has 2 aliphatic rings. The highest BCUT2D eigenvalue weighted by atomic mass is 19.1. The second-order valence-corrected chi connectivity index (χ2v) is 5.81. The van der Waals surface area contributed by atoms with E-state index in [0.717, 1.165) is 31.6 Å². The number of hydrogen-bond acceptors (Lipinski definition) is 3. The Balaban J connectivity index is 1.76. The Morgan fingerprint density at radius 3 is 3.05 bits per heavy atom. The largest absolute Gasteiger partial charge is 0.320 e. The lowest BCUT2D eigenvalue weighted by Gasteiger charge is -2.31. The predicted octanol–water partition coefficient (Wildman–Crippen LogP) is 1.74. The molecule has 1 N–H and O–H groups in total. The van der Waals surface area contributed by atoms with E-state index in [9.17, 15) is 9.18 Å². The van der Waals surface area contributed by atoms with Crippen LogP contribution in [-0.4, -0.2) is 47.9 Å². The fourth-order valence-electron chi connectivity index (χ4n) is 3.47. The van der Waals surface area contributed by atoms with Crippen LogP contribution >= 0.6 is 0 Å². The maximum absolute atomic E-state index is 13.4. The van der Waals surface area contributed by atoms with E-state index in [2.05, 4.69) is 17.1 Å². The standard InChI is InChI=1S/C16H22FN3O/c1-2-19-8-4-7-14(19)11-20-15(21)10-18-16(20)12-5-3-6-13(17)9-12/h3,5-6,9,14,16,18H,2,4,7-8,10-11H2,1H3. The Morgan fingerprint density at radius 2 is 2.29 bits per heavy atom. The third-order valence-electron chi connectivity index (χ3n) is 4.56. The third-order valence-corrected chi connectivity index (χ3v) is 4.56. The molecule has 0 radical (unpaired) electrons. The van der Waals surface area contributed by atoms with Gasteiger partial charge in [-0.05, 0) is 43.6 Å². The van der Waals surface area contributed by atoms with Crippen molar-refractivity contribution in [3.63, 3.8) is 0 Å². The van der Waals surface area contributed by atoms with Crippen LogP contribution in [0.25, 0.3) is 0 Å². The molecule has 2 fully saturated rings. The summed E-state index contributed by atoms with van der Waals surface area (Å²) in [4.78, 5) is 16.5. The van der Waals surface area contributed by atoms with Crippen LogP contribution in [0.2, 0.25) is 0 Å². The van der Waals surface area contributed by atoms with Gasteiger partial charge in [-0.3, -0.25) is 15.0 Å². The SMILES string of the molecule is CCN1CCCC1CN1C(=O)CNC1c1cccc(F)c1. The summed E-state index contributed by atoms with van der Waals surface area (Å²) in [6.45, 7) is 5.35. The lowest BCUT2D eigenvalue weighted by atomic mass is 10.1. The maximum Gasteiger partial charge on any atom is 0.238 e. The van der Waals surface area contributed by atoms with Crippen molar-refractivity contribution in [3.05, 3.63) is 35.6 Å². The number of nitrogens with zero attached hydrogens (tertiary/aromatic N) is 2. The van der Waals surface area contributed by atoms with Gasteiger partial charge in [0.1, 0.15) is 12.0 Å². The molecule has 21 heavy (non-hydrogen) atoms. The van der Waals surface area contributed by atoms with Gasteiger partial charge in [0.25, 0.3) is 0 Å². The number of benzene rings is 1. The zero-order chi connectivity index (χ0) is 14.8. The number of amides is 1. The molecular weight excluding hydrogens is 269 g/mol. The van der Waals surface area contributed by atoms with Gasteiger partial charge in [-0.1, -0.05) is 19.1 Å². The molecule has 2 atom stereocenters. The Labute approximate surface area is 124 Å². The number of hydrogen-bond donors (Lipinski definition) is 1. The molecule has 0 aliphatic carbocycles. The molecule has 0 spiro atoms. The molecule has 114 valence electrons. The molecule has 1 amide bonds. The first-order valence-electron chi connectivity index (χ1n) is 7.71. The van der Waals surface area contributed by atoms with Crippen LogP contribution in [0.4, 0.5) is 4.39 Å². The highest BCUT2D eigenvalue weighted by molar-refractivity contribution is 5.81. The molecule has 5 heteroatoms. The van der Waals surface area contributed by atoms with E-state index in [0.29, 0.717) is 12.6 Å². The first-order valence-corrected chi connectivity index (χ1v) is 7.71. The number of carbonyl (C=O) groups excluding carboxylic acids is 1. The van der Waals surface area contributed by atoms with E-state index in [1.54, 1.807) is 6.07 Å². The molecule has 1 aromatic rings. The summed E-state index contributed by atoms with van der Waals surface area (Å²) in [6.07, 6.45) is 2.12. The highest BCUT2D eigenvalue weighted by Crippen LogP contribution is 2.26. The molecule has 0 saturated carbocycles. The fourth-order valence-corrected chi connectivity index (χ4v) is 3.47. The van der Waals surface area contributed by atoms with Crippen LogP contribution < -0.4 is 5.32 Å². The fraction of sp³-hybridized carbons (Fsp3) is 0.562. The quantitative estimate of drug-likeness (QED) is 0.918. The van der Waals surface area contributed by atoms with Gasteiger partial charge >= 0.3 is 0 Å². The normalized spacial score (nSPS) is 26.8. The first-order chi connectivity index (χ1) is 10.2. The minimum atomic E-state index is -0.260. The molecular formula is C16H22FN3O. The summed E-state index contributed by atoms with van der Waals surface area (Å²) in [6, 6.07) is 6.94. The van der Waals surface area contributed by atoms with E-state index >= 15 is 0 Å². The lowest BCUT2D eigenvalue weighted by Crippen LogP contribution is -2.42. The van der Waals surface area contributed by atoms with Gasteiger partial charge in [-0.25, -0.2) is 4.39 Å². The molecule has 0 aromatic heterocycles. The van der Waals surface area contributed by atoms with Crippen LogP contribution in [0, 0.1) is 5.82 Å². The minimum absolute atomic E-state index is 0.104. The molecule has 2 heterocycles. The monoisotopic (exact) mass is 291 g/mol. The Kier molecular flexibility index (Phi) is 4.22. The van der Waals surface area contributed by atoms with E-state index < -0.39 is 0 Å². The molecule has 1 aromatic carbocycles. The van der Waals surface area contributed by atoms with Crippen molar-refractivity contribution >= 4 is 5.91 Å². The second kappa shape index (κ2) is 6.12. The summed E-state index contributed by atoms with van der Waals surface area (Å²) in [5.41, 5.74) is 0.821. The van der Waals surface area contributed by atoms with Crippen molar-refractivity contribution in [1.82, 2.24) is 15.1 Å². The number of halogens is 1. The van der Waals surface area contributed by atoms with E-state index in [4.69, 9.17) is 0 Å². The Hall–Kier alpha value is -1.46. The van der Waals surface area contributed by atoms with Crippen molar-refractivity contribution in [2.24, 2.45) is 0 Å². The maximum atomic E-state index is 13.4. The van der Waals surface area contributed by atoms with Crippen LogP contribution in [0.1, 0.15) is 31.5 Å². The average molecular weight is 291 g/mol. The van der Waals surface area contributed by atoms with Gasteiger partial charge in [0.05, 0.1) is 6.54 Å². The lowest BCUT2D eigenvalue weighted by molar-refractivity contribution is -0.128. The average Bonchev–Trinajstić information content (AvgIpc) is 3.07. The van der Waals surface area contributed by atoms with Crippen molar-refractivity contribution in [2.45, 2.75) is 32.0 Å². The molecule has 2 saturated heterocycles. The van der Waals surface area contributed by atoms with Crippen molar-refractivity contribution in [3.8, 4) is 0 Å². The summed E-state index contributed by atoms with van der Waals surface area (Å²) in [7, 11) is 0. The van der Waals surface area contributed by atoms with E-state index in [1.807, 2.05) is 11.0 Å². The summed E-state index contributed by atoms with van der Waals surface area (Å²) in [5.74, 6) is -0.156. The van der Waals surface area contributed by atoms with Crippen LogP contribution in [-0.2, 0) is 4.79 Å². The van der Waals surface area contributed by atoms with Gasteiger partial charge in [-0.2, -0.15) is 0 Å². The van der Waals surface area contributed by atoms with Crippen LogP contribution in [0.5, 0.6) is 0 Å². The Morgan fingerprint density at radius 1 is 1.43 bits per heavy atom. The van der Waals surface area contributed by atoms with Crippen LogP contribution in [0.3, 0.4) is 0 Å². The zero-order valence-electron chi connectivity index (χ0n) is 12.4. The molecule has 2 unspecified atom stereocenters. The van der Waals surface area contributed by atoms with Crippen molar-refractivity contribution in [1.29, 1.82) is 0 Å². The van der Waals surface area contributed by atoms with Gasteiger partial charge in [-0.15, -0.1) is 0 Å². The predicted molar refractivity (Wildman–Crippen MR) is 79.1 cm³/mol. The molecule has 2 aliphatic heterocycles. The number of rotatable bonds is 4. The molecule has 4 nitrogen and oxygen atoms in total. The van der Waals surface area contributed by atoms with Gasteiger partial charge in [0.2, 0.25) is 5.91 Å². The zero-order valence-corrected chi connectivity index (χ0v) is 12.4. The number of likely N-dealkylation sites (N-methyl/N-ethyl adjacent to an activating group) is 1. The number of nitrogens with one attached hydrogen (secondary N) is 1. The van der Waals surface area contributed by atoms with Crippen LogP contribution in [0.15, 0.2) is 24.3 Å². The first kappa shape index (κ1) is 14.5. The third kappa shape index (κ3) is 2.94. The Bertz CT molecular complexity index is 522. The number of carbonyl (C=O) groups is 1. The van der Waals surface area contributed by atoms with E-state index in [1.165, 1.54) is 18.6 Å². The van der Waals surface area contributed by atoms with Crippen molar-refractivity contribution in [2.75, 3.05) is 26.2 Å². The molecule has 3 rings (SSSR count). The topological polar surface area (TPSA) is 35.6 Å². The second-order valence-electron chi connectivity index (χ2n) is 5.81. The van der Waals surface area contributed by atoms with Gasteiger partial charge < -0.3 is 4.90 Å².